The van der Waals surface area contributed by atoms with Crippen LogP contribution < -0.4 is 82.7 Å². The van der Waals surface area contributed by atoms with Crippen molar-refractivity contribution in [2.45, 2.75) is 145 Å². The number of piperidine rings is 2. The number of ether oxygens (including phenoxy) is 4. The summed E-state index contributed by atoms with van der Waals surface area (Å²) < 4.78 is 85.5. The van der Waals surface area contributed by atoms with Crippen molar-refractivity contribution in [2.75, 3.05) is 129 Å². The zero-order chi connectivity index (χ0) is 99.0. The van der Waals surface area contributed by atoms with E-state index < -0.39 is 0 Å². The maximum absolute atomic E-state index is 14.6. The highest BCUT2D eigenvalue weighted by molar-refractivity contribution is 5.93. The van der Waals surface area contributed by atoms with E-state index in [0.717, 1.165) is 295 Å². The van der Waals surface area contributed by atoms with Crippen LogP contribution in [0.3, 0.4) is 0 Å². The topological polar surface area (TPSA) is 371 Å². The van der Waals surface area contributed by atoms with Gasteiger partial charge in [-0.25, -0.2) is 22.5 Å². The van der Waals surface area contributed by atoms with Crippen LogP contribution in [0, 0.1) is 52.4 Å². The van der Waals surface area contributed by atoms with Crippen molar-refractivity contribution in [3.8, 4) is 91.5 Å². The molecule has 0 amide bonds. The Kier molecular flexibility index (Phi) is 21.2. The molecule has 29 rings (SSSR count). The number of nitrogens with zero attached hydrogens (tertiary/aromatic N) is 20. The van der Waals surface area contributed by atoms with E-state index in [2.05, 4.69) is 112 Å². The number of aromatic nitrogens is 13. The number of hydrogen-bond acceptors (Lipinski definition) is 31. The van der Waals surface area contributed by atoms with E-state index >= 15 is 0 Å². The maximum Gasteiger partial charge on any atom is 0.324 e. The van der Waals surface area contributed by atoms with Crippen molar-refractivity contribution in [1.29, 1.82) is 0 Å². The number of nitrogens with two attached hydrogens (primary N) is 4. The first kappa shape index (κ1) is 90.2. The van der Waals surface area contributed by atoms with E-state index in [-0.39, 0.29) is 76.9 Å². The van der Waals surface area contributed by atoms with Crippen molar-refractivity contribution >= 4 is 74.1 Å². The highest BCUT2D eigenvalue weighted by Gasteiger charge is 2.56. The van der Waals surface area contributed by atoms with Crippen LogP contribution in [0.2, 0.25) is 0 Å². The largest absolute Gasteiger partial charge is 0.423 e. The summed E-state index contributed by atoms with van der Waals surface area (Å²) >= 11 is 0. The molecule has 16 aliphatic rings. The first-order valence-corrected chi connectivity index (χ1v) is 50.3. The van der Waals surface area contributed by atoms with Crippen LogP contribution in [0.15, 0.2) is 130 Å². The monoisotopic (exact) mass is 1950 g/mol. The lowest BCUT2D eigenvalue weighted by Crippen LogP contribution is -2.46. The van der Waals surface area contributed by atoms with Gasteiger partial charge in [0.25, 0.3) is 0 Å². The molecule has 4 bridgehead atoms. The van der Waals surface area contributed by atoms with Crippen LogP contribution >= 0.6 is 0 Å². The fourth-order valence-electron chi connectivity index (χ4n) is 25.2. The smallest absolute Gasteiger partial charge is 0.324 e. The quantitative estimate of drug-likeness (QED) is 0.0393. The first-order chi connectivity index (χ1) is 70.2. The third-order valence-electron chi connectivity index (χ3n) is 33.3. The Labute approximate surface area is 835 Å². The minimum absolute atomic E-state index is 0.103. The molecule has 7 unspecified atom stereocenters. The van der Waals surface area contributed by atoms with Crippen LogP contribution in [-0.2, 0) is 45.3 Å². The van der Waals surface area contributed by atoms with Crippen molar-refractivity contribution in [3.63, 3.8) is 0 Å². The lowest BCUT2D eigenvalue weighted by atomic mass is 9.72. The number of hydrogen-bond donors (Lipinski definition) is 8. The van der Waals surface area contributed by atoms with Gasteiger partial charge in [0.15, 0.2) is 0 Å². The fourth-order valence-corrected chi connectivity index (χ4v) is 25.2. The Morgan fingerprint density at radius 1 is 0.379 bits per heavy atom. The zero-order valence-corrected chi connectivity index (χ0v) is 81.8. The molecule has 4 aromatic carbocycles. The summed E-state index contributed by atoms with van der Waals surface area (Å²) in [4.78, 5) is 72.7. The Morgan fingerprint density at radius 3 is 1.10 bits per heavy atom. The highest BCUT2D eigenvalue weighted by atomic mass is 19.1. The molecule has 7 aliphatic heterocycles. The van der Waals surface area contributed by atoms with Gasteiger partial charge in [0.2, 0.25) is 0 Å². The van der Waals surface area contributed by atoms with E-state index in [1.807, 2.05) is 73.6 Å². The Balaban J connectivity index is 0.0000000984. The molecule has 9 aromatic heterocycles. The van der Waals surface area contributed by atoms with E-state index in [1.54, 1.807) is 49.1 Å². The predicted octanol–water partition coefficient (Wildman–Crippen LogP) is 15.8. The van der Waals surface area contributed by atoms with Crippen molar-refractivity contribution in [3.05, 3.63) is 232 Å². The van der Waals surface area contributed by atoms with Crippen molar-refractivity contribution in [2.24, 2.45) is 52.0 Å². The molecule has 145 heavy (non-hydrogen) atoms. The molecular weight excluding hydrogens is 1840 g/mol. The number of halogens is 4. The third kappa shape index (κ3) is 15.3. The van der Waals surface area contributed by atoms with Crippen molar-refractivity contribution < 1.29 is 36.5 Å². The minimum atomic E-state index is -0.282. The van der Waals surface area contributed by atoms with Gasteiger partial charge in [-0.1, -0.05) is 19.7 Å². The minimum Gasteiger partial charge on any atom is -0.423 e. The second kappa shape index (κ2) is 34.2. The van der Waals surface area contributed by atoms with E-state index in [1.165, 1.54) is 37.1 Å². The van der Waals surface area contributed by atoms with Gasteiger partial charge in [0, 0.05) is 252 Å². The molecule has 740 valence electrons. The number of pyridine rings is 4. The zero-order valence-electron chi connectivity index (χ0n) is 81.8. The number of nitrogens with one attached hydrogen (secondary N) is 4. The SMILES string of the molecule is C=C1c2cc(Oc3nc4c(c(N5CC6CC5CC6N)n3)-c3cc(F)cc(NC)c3C4)cnc2CN1C.C=C1c2cc(Oc3nc4c(c(N5CC6CC5C[C@H]6N)n3)-c3cc(F)cc(NC)c3C4)cnc2CN1C.C=C1c2cc(Oc3nc4c(c(N5CC6C[C@@H](N)C6C5)n3)-c3cc(F)cc(NC)c3C4)cnc2CN1C.CNc1cc(F)cc2c1Cc1nc(Oc3cnc4c(ccn4C4CC4)c3)nc(N3C[C@H](N)C4(CC4)C3)c1-2. The van der Waals surface area contributed by atoms with Crippen LogP contribution in [0.25, 0.3) is 72.6 Å². The fraction of sp³-hybridized carbons (Fsp3) is 0.376. The Morgan fingerprint density at radius 2 is 0.752 bits per heavy atom. The summed E-state index contributed by atoms with van der Waals surface area (Å²) in [6, 6.07) is 25.5. The van der Waals surface area contributed by atoms with Crippen LogP contribution in [0.4, 0.5) is 63.6 Å². The lowest BCUT2D eigenvalue weighted by Gasteiger charge is -2.36. The molecule has 12 N–H and O–H groups in total. The second-order valence-electron chi connectivity index (χ2n) is 42.1. The Bertz CT molecular complexity index is 7460. The van der Waals surface area contributed by atoms with Gasteiger partial charge in [-0.3, -0.25) is 15.0 Å². The van der Waals surface area contributed by atoms with E-state index in [9.17, 15) is 17.6 Å². The summed E-state index contributed by atoms with van der Waals surface area (Å²) in [5, 5.41) is 13.6. The summed E-state index contributed by atoms with van der Waals surface area (Å²) in [7, 11) is 13.2. The summed E-state index contributed by atoms with van der Waals surface area (Å²) in [5.74, 6) is 6.27. The highest BCUT2D eigenvalue weighted by Crippen LogP contribution is 2.58. The molecule has 5 saturated carbocycles. The second-order valence-corrected chi connectivity index (χ2v) is 42.1. The van der Waals surface area contributed by atoms with Gasteiger partial charge in [-0.05, 0) is 205 Å². The van der Waals surface area contributed by atoms with Crippen LogP contribution in [0.5, 0.6) is 47.0 Å². The van der Waals surface area contributed by atoms with E-state index in [0.29, 0.717) is 97.0 Å². The Hall–Kier alpha value is -14.9. The van der Waals surface area contributed by atoms with Crippen LogP contribution in [0.1, 0.15) is 143 Å². The first-order valence-electron chi connectivity index (χ1n) is 50.3. The molecule has 9 aliphatic carbocycles. The number of fused-ring (bicyclic) bond motifs is 21. The normalized spacial score (nSPS) is 22.6. The lowest BCUT2D eigenvalue weighted by molar-refractivity contribution is 0.194. The van der Waals surface area contributed by atoms with Gasteiger partial charge in [-0.15, -0.1) is 0 Å². The van der Waals surface area contributed by atoms with Crippen LogP contribution in [-0.4, -0.2) is 204 Å². The molecule has 36 heteroatoms. The van der Waals surface area contributed by atoms with Gasteiger partial charge in [-0.2, -0.15) is 39.9 Å². The maximum atomic E-state index is 14.6. The molecule has 1 spiro atoms. The molecule has 13 aromatic rings. The third-order valence-corrected chi connectivity index (χ3v) is 33.3. The molecule has 0 radical (unpaired) electrons. The summed E-state index contributed by atoms with van der Waals surface area (Å²) in [5.41, 5.74) is 52.8. The number of rotatable bonds is 17. The van der Waals surface area contributed by atoms with Gasteiger partial charge < -0.3 is 102 Å². The van der Waals surface area contributed by atoms with Gasteiger partial charge in [0.1, 0.15) is 75.2 Å². The molecule has 4 saturated heterocycles. The van der Waals surface area contributed by atoms with E-state index in [4.69, 9.17) is 81.8 Å². The average molecular weight is 1950 g/mol. The molecule has 16 heterocycles. The van der Waals surface area contributed by atoms with Crippen molar-refractivity contribution in [1.82, 2.24) is 79.1 Å². The molecule has 32 nitrogen and oxygen atoms in total. The number of benzene rings is 4. The predicted molar refractivity (Wildman–Crippen MR) is 549 cm³/mol. The molecular formula is C109H112F4N28O4. The van der Waals surface area contributed by atoms with Gasteiger partial charge >= 0.3 is 24.0 Å². The summed E-state index contributed by atoms with van der Waals surface area (Å²) in [6.45, 7) is 19.6. The number of anilines is 8. The standard InChI is InChI=1S/C28H28FN7O.3C27H28FN7O/c1-31-21-10-16(29)9-20-19(21)11-22-24(20)26(35-13-23(30)28(14-35)5-6-28)34-27(33-22)37-18-8-15-4-7-36(17-2-3-17)25(15)32-12-18;2*1-13-18-8-17(10-31-24(18)12-34(13)3)36-27-32-23-9-19-20(5-15(28)6-22(19)30-2)25(23)26(33-27)35-11-14-4-16(35)7-21(14)29;1-13-17-7-16(9-31-24(17)12-34(13)3)36-27-32-23-8-18-19(5-15(28)6-22(18)30-2)25(23)26(33-27)35-10-14-4-21(29)20(14)11-35/h4,7-10,12,17,23,31H,2-3,5-6,11,13-14,30H2,1H3;2*5-6,8,10,14,16,21,30H,1,4,7,9,11-12,29H2,2-3H3;5-7,9,14,20-21,30H,1,4,8,10-12,29H2,2-3H3/t23-;14?,16?,21-;;14?,20?,21-/m01.1/s1. The summed E-state index contributed by atoms with van der Waals surface area (Å²) in [6.07, 6.45) is 21.0. The molecule has 10 atom stereocenters. The average Bonchev–Trinajstić information content (AvgIpc) is 1.57. The molecule has 9 fully saturated rings. The van der Waals surface area contributed by atoms with Gasteiger partial charge in [0.05, 0.1) is 84.3 Å².